The first-order valence-electron chi connectivity index (χ1n) is 13.6. The topological polar surface area (TPSA) is 169 Å². The number of allylic oxidation sites excluding steroid dienone is 1. The number of ether oxygens (including phenoxy) is 4. The Hall–Kier alpha value is -3.19. The fourth-order valence-electron chi connectivity index (χ4n) is 6.31. The first kappa shape index (κ1) is 29.3. The van der Waals surface area contributed by atoms with E-state index >= 15 is 0 Å². The minimum absolute atomic E-state index is 0.222. The molecule has 0 radical (unpaired) electrons. The summed E-state index contributed by atoms with van der Waals surface area (Å²) in [6.07, 6.45) is -4.19. The average Bonchev–Trinajstić information content (AvgIpc) is 3.40. The largest absolute Gasteiger partial charge is 0.459 e. The molecule has 5 rings (SSSR count). The van der Waals surface area contributed by atoms with Crippen molar-refractivity contribution in [3.05, 3.63) is 65.8 Å². The minimum Gasteiger partial charge on any atom is -0.459 e. The van der Waals surface area contributed by atoms with Crippen molar-refractivity contribution in [3.8, 4) is 0 Å². The van der Waals surface area contributed by atoms with Crippen LogP contribution in [0, 0.1) is 23.7 Å². The number of benzene rings is 1. The van der Waals surface area contributed by atoms with Gasteiger partial charge in [-0.15, -0.1) is 0 Å². The molecule has 41 heavy (non-hydrogen) atoms. The number of aliphatic hydroxyl groups is 4. The van der Waals surface area contributed by atoms with Gasteiger partial charge in [0.1, 0.15) is 36.6 Å². The van der Waals surface area contributed by atoms with Crippen LogP contribution in [0.1, 0.15) is 18.9 Å². The summed E-state index contributed by atoms with van der Waals surface area (Å²) in [6.45, 7) is 4.88. The van der Waals surface area contributed by atoms with Crippen LogP contribution in [0.5, 0.6) is 0 Å². The van der Waals surface area contributed by atoms with Crippen molar-refractivity contribution in [1.29, 1.82) is 0 Å². The molecule has 11 atom stereocenters. The number of rotatable bonds is 7. The lowest BCUT2D eigenvalue weighted by atomic mass is 9.77. The van der Waals surface area contributed by atoms with E-state index in [0.29, 0.717) is 5.57 Å². The third-order valence-electron chi connectivity index (χ3n) is 8.56. The summed E-state index contributed by atoms with van der Waals surface area (Å²) in [6, 6.07) is 9.24. The van der Waals surface area contributed by atoms with E-state index in [-0.39, 0.29) is 24.4 Å². The summed E-state index contributed by atoms with van der Waals surface area (Å²) < 4.78 is 22.7. The van der Waals surface area contributed by atoms with E-state index < -0.39 is 85.1 Å². The van der Waals surface area contributed by atoms with Gasteiger partial charge in [-0.3, -0.25) is 4.79 Å². The number of hydrogen-bond donors (Lipinski definition) is 4. The van der Waals surface area contributed by atoms with Crippen molar-refractivity contribution in [2.45, 2.75) is 56.3 Å². The van der Waals surface area contributed by atoms with E-state index in [1.165, 1.54) is 12.2 Å². The van der Waals surface area contributed by atoms with E-state index in [1.54, 1.807) is 6.08 Å². The molecule has 220 valence electrons. The van der Waals surface area contributed by atoms with Crippen LogP contribution in [0.4, 0.5) is 0 Å². The Balaban J connectivity index is 1.35. The number of aliphatic hydroxyl groups excluding tert-OH is 4. The van der Waals surface area contributed by atoms with Crippen LogP contribution in [-0.2, 0) is 33.3 Å². The number of carbonyl (C=O) groups is 3. The molecule has 4 N–H and O–H groups in total. The Labute approximate surface area is 236 Å². The second kappa shape index (κ2) is 12.0. The van der Waals surface area contributed by atoms with Crippen LogP contribution >= 0.6 is 0 Å². The predicted octanol–water partition coefficient (Wildman–Crippen LogP) is 0.307. The van der Waals surface area contributed by atoms with Gasteiger partial charge in [0.25, 0.3) is 0 Å². The zero-order valence-electron chi connectivity index (χ0n) is 22.4. The Morgan fingerprint density at radius 3 is 2.54 bits per heavy atom. The number of hydrogen-bond acceptors (Lipinski definition) is 11. The SMILES string of the molecule is C=C1C(=O)OC2C1CC(OC(=O)/C=C/c1ccccc1)C(C)C1C(=O)C=C(CO[C@@H]3O[C@H](CO)[C@@H](O)[C@H](O)[C@H]3O)C21. The smallest absolute Gasteiger partial charge is 0.334 e. The maximum atomic E-state index is 13.3. The van der Waals surface area contributed by atoms with E-state index in [2.05, 4.69) is 6.58 Å². The third kappa shape index (κ3) is 5.66. The minimum atomic E-state index is -1.62. The predicted molar refractivity (Wildman–Crippen MR) is 141 cm³/mol. The molecule has 2 aliphatic heterocycles. The summed E-state index contributed by atoms with van der Waals surface area (Å²) in [4.78, 5) is 38.7. The summed E-state index contributed by atoms with van der Waals surface area (Å²) in [5.74, 6) is -3.67. The molecule has 4 aliphatic rings. The zero-order chi connectivity index (χ0) is 29.4. The van der Waals surface area contributed by atoms with Crippen molar-refractivity contribution >= 4 is 23.8 Å². The Kier molecular flexibility index (Phi) is 8.55. The maximum absolute atomic E-state index is 13.3. The van der Waals surface area contributed by atoms with Crippen molar-refractivity contribution < 1.29 is 53.8 Å². The van der Waals surface area contributed by atoms with E-state index in [1.807, 2.05) is 37.3 Å². The number of ketones is 1. The van der Waals surface area contributed by atoms with Gasteiger partial charge in [0.05, 0.1) is 13.2 Å². The lowest BCUT2D eigenvalue weighted by Gasteiger charge is -2.40. The van der Waals surface area contributed by atoms with Crippen molar-refractivity contribution in [2.75, 3.05) is 13.2 Å². The average molecular weight is 571 g/mol. The quantitative estimate of drug-likeness (QED) is 0.263. The van der Waals surface area contributed by atoms with Gasteiger partial charge in [-0.25, -0.2) is 9.59 Å². The molecule has 11 heteroatoms. The fraction of sp³-hybridized carbons (Fsp3) is 0.500. The molecule has 0 aromatic heterocycles. The number of carbonyl (C=O) groups excluding carboxylic acids is 3. The molecular formula is C30H34O11. The van der Waals surface area contributed by atoms with Crippen LogP contribution in [-0.4, -0.2) is 94.3 Å². The van der Waals surface area contributed by atoms with Crippen molar-refractivity contribution in [3.63, 3.8) is 0 Å². The zero-order valence-corrected chi connectivity index (χ0v) is 22.4. The number of esters is 2. The van der Waals surface area contributed by atoms with E-state index in [0.717, 1.165) is 5.56 Å². The van der Waals surface area contributed by atoms with Gasteiger partial charge in [0.2, 0.25) is 0 Å². The van der Waals surface area contributed by atoms with Gasteiger partial charge >= 0.3 is 11.9 Å². The summed E-state index contributed by atoms with van der Waals surface area (Å²) in [5.41, 5.74) is 1.54. The standard InChI is InChI=1S/C30H34O11/c1-14-18-11-20(39-22(33)9-8-16-6-4-3-5-7-16)15(2)23-19(32)10-17(24(23)28(18)41-29(14)37)13-38-30-27(36)26(35)25(34)21(12-31)40-30/h3-10,15,18,20-21,23-28,30-31,34-36H,1,11-13H2,2H3/b9-8+/t15?,18?,20?,21-,23?,24?,25-,26+,27-,28?,30-/m1/s1. The molecule has 6 unspecified atom stereocenters. The maximum Gasteiger partial charge on any atom is 0.334 e. The van der Waals surface area contributed by atoms with Crippen molar-refractivity contribution in [2.24, 2.45) is 23.7 Å². The Bertz CT molecular complexity index is 1240. The first-order valence-corrected chi connectivity index (χ1v) is 13.6. The molecular weight excluding hydrogens is 536 g/mol. The highest BCUT2D eigenvalue weighted by atomic mass is 16.7. The molecule has 2 aliphatic carbocycles. The molecule has 11 nitrogen and oxygen atoms in total. The van der Waals surface area contributed by atoms with Crippen LogP contribution in [0.15, 0.2) is 60.2 Å². The lowest BCUT2D eigenvalue weighted by Crippen LogP contribution is -2.59. The molecule has 0 amide bonds. The van der Waals surface area contributed by atoms with Gasteiger partial charge in [-0.2, -0.15) is 0 Å². The molecule has 3 fully saturated rings. The van der Waals surface area contributed by atoms with E-state index in [4.69, 9.17) is 18.9 Å². The van der Waals surface area contributed by atoms with Crippen LogP contribution in [0.3, 0.4) is 0 Å². The van der Waals surface area contributed by atoms with Gasteiger partial charge in [-0.05, 0) is 29.7 Å². The molecule has 1 aromatic rings. The normalized spacial score (nSPS) is 38.7. The van der Waals surface area contributed by atoms with E-state index in [9.17, 15) is 34.8 Å². The summed E-state index contributed by atoms with van der Waals surface area (Å²) in [7, 11) is 0. The number of fused-ring (bicyclic) bond motifs is 3. The molecule has 2 heterocycles. The Morgan fingerprint density at radius 2 is 1.83 bits per heavy atom. The molecule has 0 spiro atoms. The molecule has 1 saturated carbocycles. The highest BCUT2D eigenvalue weighted by Gasteiger charge is 2.57. The molecule has 0 bridgehead atoms. The van der Waals surface area contributed by atoms with Crippen LogP contribution < -0.4 is 0 Å². The van der Waals surface area contributed by atoms with Gasteiger partial charge in [0, 0.05) is 35.3 Å². The fourth-order valence-corrected chi connectivity index (χ4v) is 6.31. The highest BCUT2D eigenvalue weighted by Crippen LogP contribution is 2.50. The third-order valence-corrected chi connectivity index (χ3v) is 8.56. The van der Waals surface area contributed by atoms with Crippen LogP contribution in [0.2, 0.25) is 0 Å². The molecule has 1 aromatic carbocycles. The van der Waals surface area contributed by atoms with Crippen LogP contribution in [0.25, 0.3) is 6.08 Å². The second-order valence-electron chi connectivity index (χ2n) is 11.0. The first-order chi connectivity index (χ1) is 19.6. The van der Waals surface area contributed by atoms with Gasteiger partial charge in [0.15, 0.2) is 12.1 Å². The monoisotopic (exact) mass is 570 g/mol. The van der Waals surface area contributed by atoms with Gasteiger partial charge in [-0.1, -0.05) is 43.8 Å². The second-order valence-corrected chi connectivity index (χ2v) is 11.0. The lowest BCUT2D eigenvalue weighted by molar-refractivity contribution is -0.299. The van der Waals surface area contributed by atoms with Gasteiger partial charge < -0.3 is 39.4 Å². The summed E-state index contributed by atoms with van der Waals surface area (Å²) >= 11 is 0. The Morgan fingerprint density at radius 1 is 1.10 bits per heavy atom. The summed E-state index contributed by atoms with van der Waals surface area (Å²) in [5, 5.41) is 39.9. The molecule has 2 saturated heterocycles. The van der Waals surface area contributed by atoms with Crippen molar-refractivity contribution in [1.82, 2.24) is 0 Å². The highest BCUT2D eigenvalue weighted by molar-refractivity contribution is 5.97.